The van der Waals surface area contributed by atoms with Crippen molar-refractivity contribution in [2.75, 3.05) is 0 Å². The summed E-state index contributed by atoms with van der Waals surface area (Å²) in [5, 5.41) is 2.70. The van der Waals surface area contributed by atoms with Gasteiger partial charge in [-0.15, -0.1) is 0 Å². The predicted octanol–water partition coefficient (Wildman–Crippen LogP) is 2.23. The fraction of sp³-hybridized carbons (Fsp3) is 0.500. The highest BCUT2D eigenvalue weighted by Crippen LogP contribution is 2.15. The van der Waals surface area contributed by atoms with Crippen LogP contribution < -0.4 is 10.9 Å². The predicted molar refractivity (Wildman–Crippen MR) is 71.4 cm³/mol. The van der Waals surface area contributed by atoms with E-state index in [-0.39, 0.29) is 23.1 Å². The van der Waals surface area contributed by atoms with Gasteiger partial charge in [-0.25, -0.2) is 0 Å². The van der Waals surface area contributed by atoms with E-state index < -0.39 is 0 Å². The molecule has 1 aromatic rings. The molecule has 0 aliphatic heterocycles. The van der Waals surface area contributed by atoms with Crippen LogP contribution in [0.2, 0.25) is 0 Å². The van der Waals surface area contributed by atoms with Crippen LogP contribution in [0, 0.1) is 0 Å². The maximum atomic E-state index is 11.8. The summed E-state index contributed by atoms with van der Waals surface area (Å²) in [6, 6.07) is 1.60. The fourth-order valence-electron chi connectivity index (χ4n) is 1.48. The number of aryl methyl sites for hydroxylation is 1. The minimum absolute atomic E-state index is 0.0102. The molecule has 0 spiro atoms. The number of hydrogen-bond acceptors (Lipinski definition) is 2. The fourth-order valence-corrected chi connectivity index (χ4v) is 2.01. The zero-order valence-electron chi connectivity index (χ0n) is 10.3. The molecule has 5 heteroatoms. The van der Waals surface area contributed by atoms with Crippen molar-refractivity contribution in [3.63, 3.8) is 0 Å². The molecule has 0 saturated carbocycles. The maximum Gasteiger partial charge on any atom is 0.261 e. The van der Waals surface area contributed by atoms with E-state index >= 15 is 0 Å². The van der Waals surface area contributed by atoms with Gasteiger partial charge in [0.05, 0.1) is 0 Å². The van der Waals surface area contributed by atoms with E-state index in [1.807, 2.05) is 20.8 Å². The molecule has 0 saturated heterocycles. The second-order valence-electron chi connectivity index (χ2n) is 4.22. The molecule has 94 valence electrons. The summed E-state index contributed by atoms with van der Waals surface area (Å²) in [6.07, 6.45) is 1.72. The lowest BCUT2D eigenvalue weighted by Crippen LogP contribution is -2.34. The average Bonchev–Trinajstić information content (AvgIpc) is 2.22. The average molecular weight is 301 g/mol. The van der Waals surface area contributed by atoms with Crippen LogP contribution in [0.5, 0.6) is 0 Å². The van der Waals surface area contributed by atoms with E-state index in [9.17, 15) is 9.59 Å². The molecule has 1 rings (SSSR count). The summed E-state index contributed by atoms with van der Waals surface area (Å²) in [5.74, 6) is -0.343. The zero-order chi connectivity index (χ0) is 13.0. The van der Waals surface area contributed by atoms with Crippen LogP contribution in [0.1, 0.15) is 43.2 Å². The topological polar surface area (TPSA) is 62.0 Å². The molecule has 4 nitrogen and oxygen atoms in total. The van der Waals surface area contributed by atoms with Crippen molar-refractivity contribution < 1.29 is 4.79 Å². The molecule has 17 heavy (non-hydrogen) atoms. The number of amides is 1. The highest BCUT2D eigenvalue weighted by molar-refractivity contribution is 9.10. The van der Waals surface area contributed by atoms with Crippen LogP contribution >= 0.6 is 15.9 Å². The number of rotatable bonds is 4. The van der Waals surface area contributed by atoms with E-state index in [0.717, 1.165) is 23.0 Å². The summed E-state index contributed by atoms with van der Waals surface area (Å²) in [5.41, 5.74) is 0.638. The van der Waals surface area contributed by atoms with E-state index in [0.29, 0.717) is 0 Å². The third kappa shape index (κ3) is 3.70. The van der Waals surface area contributed by atoms with Gasteiger partial charge < -0.3 is 10.3 Å². The first-order valence-corrected chi connectivity index (χ1v) is 6.47. The van der Waals surface area contributed by atoms with Gasteiger partial charge in [-0.1, -0.05) is 13.3 Å². The summed E-state index contributed by atoms with van der Waals surface area (Å²) in [7, 11) is 0. The smallest absolute Gasteiger partial charge is 0.261 e. The van der Waals surface area contributed by atoms with Crippen molar-refractivity contribution in [1.29, 1.82) is 0 Å². The molecule has 0 aliphatic rings. The largest absolute Gasteiger partial charge is 0.350 e. The van der Waals surface area contributed by atoms with Gasteiger partial charge in [0.25, 0.3) is 11.5 Å². The molecule has 0 radical (unpaired) electrons. The second kappa shape index (κ2) is 6.00. The Bertz CT molecular complexity index is 466. The van der Waals surface area contributed by atoms with Gasteiger partial charge in [0.1, 0.15) is 5.56 Å². The Kier molecular flexibility index (Phi) is 4.93. The molecule has 0 bridgehead atoms. The second-order valence-corrected chi connectivity index (χ2v) is 5.07. The third-order valence-electron chi connectivity index (χ3n) is 2.23. The molecule has 0 unspecified atom stereocenters. The van der Waals surface area contributed by atoms with Crippen LogP contribution in [-0.2, 0) is 6.42 Å². The molecule has 0 aromatic carbocycles. The van der Waals surface area contributed by atoms with Gasteiger partial charge in [-0.05, 0) is 42.3 Å². The minimum atomic E-state index is -0.343. The van der Waals surface area contributed by atoms with Crippen LogP contribution in [0.3, 0.4) is 0 Å². The monoisotopic (exact) mass is 300 g/mol. The van der Waals surface area contributed by atoms with Crippen molar-refractivity contribution in [1.82, 2.24) is 10.3 Å². The molecule has 0 atom stereocenters. The molecular formula is C12H17BrN2O2. The highest BCUT2D eigenvalue weighted by Gasteiger charge is 2.14. The lowest BCUT2D eigenvalue weighted by molar-refractivity contribution is 0.0941. The lowest BCUT2D eigenvalue weighted by Gasteiger charge is -2.09. The van der Waals surface area contributed by atoms with Gasteiger partial charge in [-0.3, -0.25) is 9.59 Å². The maximum absolute atomic E-state index is 11.8. The Morgan fingerprint density at radius 3 is 2.71 bits per heavy atom. The Balaban J connectivity index is 3.07. The Morgan fingerprint density at radius 1 is 1.53 bits per heavy atom. The highest BCUT2D eigenvalue weighted by atomic mass is 79.9. The van der Waals surface area contributed by atoms with Gasteiger partial charge in [0, 0.05) is 16.2 Å². The number of H-pyrrole nitrogens is 1. The number of aromatic nitrogens is 1. The molecule has 1 heterocycles. The molecular weight excluding hydrogens is 284 g/mol. The van der Waals surface area contributed by atoms with Gasteiger partial charge >= 0.3 is 0 Å². The quantitative estimate of drug-likeness (QED) is 0.896. The zero-order valence-corrected chi connectivity index (χ0v) is 11.8. The minimum Gasteiger partial charge on any atom is -0.350 e. The number of pyridine rings is 1. The number of carbonyl (C=O) groups excluding carboxylic acids is 1. The van der Waals surface area contributed by atoms with Crippen LogP contribution in [0.25, 0.3) is 0 Å². The molecule has 1 aromatic heterocycles. The lowest BCUT2D eigenvalue weighted by atomic mass is 10.2. The Labute approximate surface area is 109 Å². The van der Waals surface area contributed by atoms with Crippen molar-refractivity contribution in [2.45, 2.75) is 39.7 Å². The van der Waals surface area contributed by atoms with E-state index in [1.54, 1.807) is 6.07 Å². The molecule has 2 N–H and O–H groups in total. The molecule has 1 amide bonds. The van der Waals surface area contributed by atoms with Crippen LogP contribution in [0.4, 0.5) is 0 Å². The van der Waals surface area contributed by atoms with E-state index in [2.05, 4.69) is 26.2 Å². The summed E-state index contributed by atoms with van der Waals surface area (Å²) < 4.78 is 0.771. The molecule has 0 aliphatic carbocycles. The first kappa shape index (κ1) is 14.0. The summed E-state index contributed by atoms with van der Waals surface area (Å²) in [6.45, 7) is 5.74. The SMILES string of the molecule is CCCc1[nH]c(=O)c(C(=O)NC(C)C)cc1Br. The summed E-state index contributed by atoms with van der Waals surface area (Å²) in [4.78, 5) is 26.2. The first-order valence-electron chi connectivity index (χ1n) is 5.68. The van der Waals surface area contributed by atoms with Gasteiger partial charge in [0.15, 0.2) is 0 Å². The van der Waals surface area contributed by atoms with E-state index in [1.165, 1.54) is 0 Å². The van der Waals surface area contributed by atoms with Crippen LogP contribution in [0.15, 0.2) is 15.3 Å². The molecule has 0 fully saturated rings. The van der Waals surface area contributed by atoms with Gasteiger partial charge in [0.2, 0.25) is 0 Å². The third-order valence-corrected chi connectivity index (χ3v) is 2.94. The van der Waals surface area contributed by atoms with Crippen molar-refractivity contribution >= 4 is 21.8 Å². The first-order chi connectivity index (χ1) is 7.95. The van der Waals surface area contributed by atoms with E-state index in [4.69, 9.17) is 0 Å². The van der Waals surface area contributed by atoms with Crippen molar-refractivity contribution in [3.8, 4) is 0 Å². The van der Waals surface area contributed by atoms with Crippen molar-refractivity contribution in [2.24, 2.45) is 0 Å². The normalized spacial score (nSPS) is 10.6. The number of halogens is 1. The van der Waals surface area contributed by atoms with Gasteiger partial charge in [-0.2, -0.15) is 0 Å². The summed E-state index contributed by atoms with van der Waals surface area (Å²) >= 11 is 3.37. The Morgan fingerprint density at radius 2 is 2.18 bits per heavy atom. The number of nitrogens with one attached hydrogen (secondary N) is 2. The van der Waals surface area contributed by atoms with Crippen molar-refractivity contribution in [3.05, 3.63) is 32.2 Å². The standard InChI is InChI=1S/C12H17BrN2O2/c1-4-5-10-9(13)6-8(12(17)15-10)11(16)14-7(2)3/h6-7H,4-5H2,1-3H3,(H,14,16)(H,15,17). The van der Waals surface area contributed by atoms with Crippen LogP contribution in [-0.4, -0.2) is 16.9 Å². The number of aromatic amines is 1. The Hall–Kier alpha value is -1.10. The number of hydrogen-bond donors (Lipinski definition) is 2. The number of carbonyl (C=O) groups is 1.